The Bertz CT molecular complexity index is 1250. The molecule has 4 aromatic rings. The highest BCUT2D eigenvalue weighted by molar-refractivity contribution is 7.91. The predicted octanol–water partition coefficient (Wildman–Crippen LogP) is 4.50. The van der Waals surface area contributed by atoms with Crippen molar-refractivity contribution in [3.8, 4) is 10.4 Å². The average molecular weight is 428 g/mol. The molecule has 1 saturated carbocycles. The molecule has 1 aliphatic rings. The molecule has 28 heavy (non-hydrogen) atoms. The Labute approximate surface area is 171 Å². The summed E-state index contributed by atoms with van der Waals surface area (Å²) in [5.74, 6) is 0.520. The molecule has 8 heteroatoms. The van der Waals surface area contributed by atoms with Crippen LogP contribution in [-0.4, -0.2) is 23.2 Å². The standard InChI is InChI=1S/C20H17N3O2S3/c1-12-19(13-5-3-2-4-6-13)20(12)23-28(24,25)18-10-9-17(26-18)14-7-8-15-16(11-14)22-27-21-15/h2-12,19-20,23H,1H3/t12-,19-,20+/m1/s1. The number of nitrogens with one attached hydrogen (secondary N) is 1. The van der Waals surface area contributed by atoms with Crippen molar-refractivity contribution < 1.29 is 8.42 Å². The predicted molar refractivity (Wildman–Crippen MR) is 113 cm³/mol. The van der Waals surface area contributed by atoms with Crippen LogP contribution in [-0.2, 0) is 10.0 Å². The summed E-state index contributed by atoms with van der Waals surface area (Å²) in [6.45, 7) is 2.09. The molecule has 3 atom stereocenters. The number of aromatic nitrogens is 2. The normalized spacial score (nSPS) is 21.8. The van der Waals surface area contributed by atoms with Gasteiger partial charge in [-0.1, -0.05) is 43.3 Å². The van der Waals surface area contributed by atoms with Gasteiger partial charge in [0.05, 0.1) is 11.7 Å². The first-order valence-electron chi connectivity index (χ1n) is 8.93. The number of nitrogens with zero attached hydrogens (tertiary/aromatic N) is 2. The maximum absolute atomic E-state index is 12.9. The van der Waals surface area contributed by atoms with Gasteiger partial charge in [-0.3, -0.25) is 0 Å². The fraction of sp³-hybridized carbons (Fsp3) is 0.200. The maximum Gasteiger partial charge on any atom is 0.250 e. The molecule has 5 rings (SSSR count). The first kappa shape index (κ1) is 17.9. The van der Waals surface area contributed by atoms with Gasteiger partial charge in [-0.25, -0.2) is 13.1 Å². The van der Waals surface area contributed by atoms with Crippen molar-refractivity contribution in [3.05, 3.63) is 66.2 Å². The molecule has 0 saturated heterocycles. The zero-order chi connectivity index (χ0) is 19.3. The Morgan fingerprint density at radius 3 is 2.57 bits per heavy atom. The summed E-state index contributed by atoms with van der Waals surface area (Å²) in [5.41, 5.74) is 3.82. The van der Waals surface area contributed by atoms with Crippen LogP contribution >= 0.6 is 23.1 Å². The number of sulfonamides is 1. The van der Waals surface area contributed by atoms with Crippen LogP contribution in [0.1, 0.15) is 18.4 Å². The minimum absolute atomic E-state index is 0.0598. The molecule has 0 amide bonds. The van der Waals surface area contributed by atoms with Gasteiger partial charge in [0.15, 0.2) is 0 Å². The fourth-order valence-electron chi connectivity index (χ4n) is 3.62. The number of rotatable bonds is 5. The first-order chi connectivity index (χ1) is 13.5. The molecule has 1 aliphatic carbocycles. The van der Waals surface area contributed by atoms with Crippen molar-refractivity contribution in [2.75, 3.05) is 0 Å². The van der Waals surface area contributed by atoms with Crippen LogP contribution in [0.2, 0.25) is 0 Å². The zero-order valence-corrected chi connectivity index (χ0v) is 17.4. The van der Waals surface area contributed by atoms with E-state index in [2.05, 4.69) is 32.5 Å². The van der Waals surface area contributed by atoms with Gasteiger partial charge < -0.3 is 0 Å². The molecule has 0 aliphatic heterocycles. The van der Waals surface area contributed by atoms with Crippen molar-refractivity contribution in [2.24, 2.45) is 5.92 Å². The van der Waals surface area contributed by atoms with Crippen LogP contribution in [0.15, 0.2) is 64.9 Å². The summed E-state index contributed by atoms with van der Waals surface area (Å²) >= 11 is 2.45. The van der Waals surface area contributed by atoms with Crippen LogP contribution in [0.5, 0.6) is 0 Å². The fourth-order valence-corrected chi connectivity index (χ4v) is 6.81. The van der Waals surface area contributed by atoms with E-state index in [1.807, 2.05) is 42.5 Å². The van der Waals surface area contributed by atoms with Crippen LogP contribution in [0.4, 0.5) is 0 Å². The van der Waals surface area contributed by atoms with Crippen molar-refractivity contribution >= 4 is 44.1 Å². The molecule has 2 aromatic heterocycles. The van der Waals surface area contributed by atoms with E-state index in [0.29, 0.717) is 4.21 Å². The van der Waals surface area contributed by atoms with Gasteiger partial charge in [0, 0.05) is 16.8 Å². The van der Waals surface area contributed by atoms with E-state index in [4.69, 9.17) is 0 Å². The molecule has 2 aromatic carbocycles. The third-order valence-corrected chi connectivity index (χ3v) is 8.88. The highest BCUT2D eigenvalue weighted by Crippen LogP contribution is 2.48. The van der Waals surface area contributed by atoms with Gasteiger partial charge in [-0.05, 0) is 41.3 Å². The molecule has 0 radical (unpaired) electrons. The van der Waals surface area contributed by atoms with E-state index in [-0.39, 0.29) is 17.9 Å². The Morgan fingerprint density at radius 2 is 1.75 bits per heavy atom. The van der Waals surface area contributed by atoms with Crippen LogP contribution in [0.25, 0.3) is 21.5 Å². The number of fused-ring (bicyclic) bond motifs is 1. The van der Waals surface area contributed by atoms with E-state index in [9.17, 15) is 8.42 Å². The van der Waals surface area contributed by atoms with E-state index in [1.54, 1.807) is 6.07 Å². The SMILES string of the molecule is C[C@H]1[C@H](NS(=O)(=O)c2ccc(-c3ccc4nsnc4c3)s2)[C@H]1c1ccccc1. The molecule has 1 N–H and O–H groups in total. The minimum Gasteiger partial charge on any atom is -0.206 e. The summed E-state index contributed by atoms with van der Waals surface area (Å²) in [6, 6.07) is 19.4. The van der Waals surface area contributed by atoms with E-state index < -0.39 is 10.0 Å². The first-order valence-corrected chi connectivity index (χ1v) is 12.0. The number of thiophene rings is 1. The lowest BCUT2D eigenvalue weighted by Gasteiger charge is -2.04. The quantitative estimate of drug-likeness (QED) is 0.509. The minimum atomic E-state index is -3.55. The third kappa shape index (κ3) is 3.16. The van der Waals surface area contributed by atoms with Gasteiger partial charge in [0.1, 0.15) is 15.2 Å². The van der Waals surface area contributed by atoms with Crippen molar-refractivity contribution in [2.45, 2.75) is 23.1 Å². The van der Waals surface area contributed by atoms with Crippen LogP contribution < -0.4 is 4.72 Å². The summed E-state index contributed by atoms with van der Waals surface area (Å²) < 4.78 is 37.5. The highest BCUT2D eigenvalue weighted by Gasteiger charge is 2.49. The zero-order valence-electron chi connectivity index (χ0n) is 14.9. The molecule has 0 spiro atoms. The van der Waals surface area contributed by atoms with E-state index in [1.165, 1.54) is 28.6 Å². The Balaban J connectivity index is 1.37. The highest BCUT2D eigenvalue weighted by atomic mass is 32.2. The van der Waals surface area contributed by atoms with Crippen molar-refractivity contribution in [1.29, 1.82) is 0 Å². The molecular formula is C20H17N3O2S3. The number of hydrogen-bond donors (Lipinski definition) is 1. The Morgan fingerprint density at radius 1 is 0.964 bits per heavy atom. The molecule has 0 bridgehead atoms. The third-order valence-electron chi connectivity index (χ3n) is 5.24. The molecule has 1 fully saturated rings. The summed E-state index contributed by atoms with van der Waals surface area (Å²) in [5, 5.41) is 0. The summed E-state index contributed by atoms with van der Waals surface area (Å²) in [4.78, 5) is 0.902. The lowest BCUT2D eigenvalue weighted by molar-refractivity contribution is 0.580. The second-order valence-corrected chi connectivity index (χ2v) is 10.6. The maximum atomic E-state index is 12.9. The smallest absolute Gasteiger partial charge is 0.206 e. The second-order valence-electron chi connectivity index (χ2n) is 7.03. The summed E-state index contributed by atoms with van der Waals surface area (Å²) in [6.07, 6.45) is 0. The van der Waals surface area contributed by atoms with Gasteiger partial charge in [0.2, 0.25) is 10.0 Å². The molecule has 0 unspecified atom stereocenters. The van der Waals surface area contributed by atoms with Gasteiger partial charge in [0.25, 0.3) is 0 Å². The van der Waals surface area contributed by atoms with Gasteiger partial charge in [-0.15, -0.1) is 11.3 Å². The number of hydrogen-bond acceptors (Lipinski definition) is 6. The van der Waals surface area contributed by atoms with E-state index >= 15 is 0 Å². The van der Waals surface area contributed by atoms with Crippen molar-refractivity contribution in [1.82, 2.24) is 13.5 Å². The Kier molecular flexibility index (Phi) is 4.31. The largest absolute Gasteiger partial charge is 0.250 e. The van der Waals surface area contributed by atoms with Gasteiger partial charge in [-0.2, -0.15) is 8.75 Å². The average Bonchev–Trinajstić information content (AvgIpc) is 3.13. The lowest BCUT2D eigenvalue weighted by atomic mass is 10.1. The topological polar surface area (TPSA) is 72.0 Å². The Hall–Kier alpha value is -2.13. The molecule has 2 heterocycles. The lowest BCUT2D eigenvalue weighted by Crippen LogP contribution is -2.27. The molecule has 142 valence electrons. The monoisotopic (exact) mass is 427 g/mol. The second kappa shape index (κ2) is 6.73. The van der Waals surface area contributed by atoms with E-state index in [0.717, 1.165) is 21.5 Å². The van der Waals surface area contributed by atoms with Gasteiger partial charge >= 0.3 is 0 Å². The molecular weight excluding hydrogens is 410 g/mol. The van der Waals surface area contributed by atoms with Crippen molar-refractivity contribution in [3.63, 3.8) is 0 Å². The van der Waals surface area contributed by atoms with Crippen LogP contribution in [0.3, 0.4) is 0 Å². The van der Waals surface area contributed by atoms with Crippen LogP contribution in [0, 0.1) is 5.92 Å². The number of benzene rings is 2. The summed E-state index contributed by atoms with van der Waals surface area (Å²) in [7, 11) is -3.55. The molecule has 5 nitrogen and oxygen atoms in total.